The van der Waals surface area contributed by atoms with Crippen molar-refractivity contribution >= 4 is 0 Å². The van der Waals surface area contributed by atoms with Gasteiger partial charge in [-0.05, 0) is 17.7 Å². The van der Waals surface area contributed by atoms with Gasteiger partial charge in [0, 0.05) is 12.5 Å². The van der Waals surface area contributed by atoms with Gasteiger partial charge in [-0.2, -0.15) is 8.78 Å². The van der Waals surface area contributed by atoms with Crippen LogP contribution in [0.15, 0.2) is 24.3 Å². The predicted octanol–water partition coefficient (Wildman–Crippen LogP) is 2.38. The highest BCUT2D eigenvalue weighted by Crippen LogP contribution is 2.19. The van der Waals surface area contributed by atoms with Gasteiger partial charge in [0.05, 0.1) is 0 Å². The lowest BCUT2D eigenvalue weighted by molar-refractivity contribution is -0.0498. The molecule has 0 amide bonds. The van der Waals surface area contributed by atoms with Gasteiger partial charge in [-0.3, -0.25) is 0 Å². The summed E-state index contributed by atoms with van der Waals surface area (Å²) in [6.45, 7) is -0.908. The van der Waals surface area contributed by atoms with Gasteiger partial charge < -0.3 is 9.84 Å². The van der Waals surface area contributed by atoms with Crippen molar-refractivity contribution in [3.8, 4) is 5.75 Å². The summed E-state index contributed by atoms with van der Waals surface area (Å²) in [5.41, 5.74) is 0.897. The number of ether oxygens (including phenoxy) is 1. The molecule has 0 radical (unpaired) electrons. The van der Waals surface area contributed by atoms with E-state index in [1.807, 2.05) is 6.92 Å². The van der Waals surface area contributed by atoms with E-state index in [9.17, 15) is 8.78 Å². The Labute approximate surface area is 81.1 Å². The number of alkyl halides is 2. The summed E-state index contributed by atoms with van der Waals surface area (Å²) >= 11 is 0. The lowest BCUT2D eigenvalue weighted by Crippen LogP contribution is -2.02. The average Bonchev–Trinajstić information content (AvgIpc) is 2.17. The summed E-state index contributed by atoms with van der Waals surface area (Å²) in [6, 6.07) is 6.26. The number of aliphatic hydroxyl groups is 1. The van der Waals surface area contributed by atoms with Gasteiger partial charge in [0.1, 0.15) is 5.75 Å². The largest absolute Gasteiger partial charge is 0.435 e. The molecule has 0 heterocycles. The van der Waals surface area contributed by atoms with Crippen molar-refractivity contribution in [3.63, 3.8) is 0 Å². The topological polar surface area (TPSA) is 29.5 Å². The molecule has 0 aromatic heterocycles. The van der Waals surface area contributed by atoms with Gasteiger partial charge in [0.2, 0.25) is 0 Å². The van der Waals surface area contributed by atoms with E-state index in [0.717, 1.165) is 5.56 Å². The monoisotopic (exact) mass is 202 g/mol. The zero-order chi connectivity index (χ0) is 10.6. The van der Waals surface area contributed by atoms with E-state index in [0.29, 0.717) is 0 Å². The van der Waals surface area contributed by atoms with Gasteiger partial charge in [0.25, 0.3) is 0 Å². The molecule has 1 rings (SSSR count). The summed E-state index contributed by atoms with van der Waals surface area (Å²) in [5, 5.41) is 8.85. The molecule has 0 fully saturated rings. The molecule has 1 atom stereocenters. The predicted molar refractivity (Wildman–Crippen MR) is 48.6 cm³/mol. The van der Waals surface area contributed by atoms with Crippen molar-refractivity contribution in [2.24, 2.45) is 0 Å². The van der Waals surface area contributed by atoms with Crippen molar-refractivity contribution in [2.45, 2.75) is 19.5 Å². The molecule has 1 aromatic carbocycles. The van der Waals surface area contributed by atoms with Crippen LogP contribution in [-0.2, 0) is 0 Å². The molecule has 2 nitrogen and oxygen atoms in total. The van der Waals surface area contributed by atoms with Gasteiger partial charge >= 0.3 is 6.61 Å². The van der Waals surface area contributed by atoms with E-state index < -0.39 is 6.61 Å². The minimum absolute atomic E-state index is 0.00981. The molecule has 78 valence electrons. The molecule has 0 spiro atoms. The lowest BCUT2D eigenvalue weighted by atomic mass is 10.0. The Balaban J connectivity index is 2.68. The Hall–Kier alpha value is -1.16. The average molecular weight is 202 g/mol. The Bertz CT molecular complexity index is 272. The first kappa shape index (κ1) is 10.9. The highest BCUT2D eigenvalue weighted by atomic mass is 19.3. The van der Waals surface area contributed by atoms with Gasteiger partial charge in [-0.25, -0.2) is 0 Å². The summed E-state index contributed by atoms with van der Waals surface area (Å²) in [4.78, 5) is 0. The van der Waals surface area contributed by atoms with Crippen LogP contribution in [0.2, 0.25) is 0 Å². The summed E-state index contributed by atoms with van der Waals surface area (Å²) in [5.74, 6) is 0.143. The van der Waals surface area contributed by atoms with Crippen molar-refractivity contribution < 1.29 is 18.6 Å². The second-order valence-electron chi connectivity index (χ2n) is 3.03. The highest BCUT2D eigenvalue weighted by molar-refractivity contribution is 5.29. The minimum atomic E-state index is -2.80. The molecule has 0 saturated carbocycles. The normalized spacial score (nSPS) is 12.9. The fourth-order valence-electron chi connectivity index (χ4n) is 1.08. The summed E-state index contributed by atoms with van der Waals surface area (Å²) in [6.07, 6.45) is 0. The fraction of sp³-hybridized carbons (Fsp3) is 0.400. The van der Waals surface area contributed by atoms with Crippen LogP contribution in [0.1, 0.15) is 18.4 Å². The fourth-order valence-corrected chi connectivity index (χ4v) is 1.08. The van der Waals surface area contributed by atoms with Crippen molar-refractivity contribution in [1.82, 2.24) is 0 Å². The van der Waals surface area contributed by atoms with Crippen molar-refractivity contribution in [1.29, 1.82) is 0 Å². The third-order valence-electron chi connectivity index (χ3n) is 1.95. The first-order valence-electron chi connectivity index (χ1n) is 4.29. The molecular formula is C10H12F2O2. The number of hydrogen-bond acceptors (Lipinski definition) is 2. The molecule has 1 aromatic rings. The maximum absolute atomic E-state index is 11.8. The molecule has 1 N–H and O–H groups in total. The Morgan fingerprint density at radius 1 is 1.29 bits per heavy atom. The number of hydrogen-bond donors (Lipinski definition) is 1. The third-order valence-corrected chi connectivity index (χ3v) is 1.95. The van der Waals surface area contributed by atoms with E-state index in [4.69, 9.17) is 5.11 Å². The Morgan fingerprint density at radius 2 is 1.86 bits per heavy atom. The second-order valence-corrected chi connectivity index (χ2v) is 3.03. The molecule has 0 aliphatic rings. The molecule has 14 heavy (non-hydrogen) atoms. The maximum Gasteiger partial charge on any atom is 0.387 e. The standard InChI is InChI=1S/C10H12F2O2/c1-7(6-13)8-2-4-9(5-3-8)14-10(11)12/h2-5,7,10,13H,6H2,1H3. The Kier molecular flexibility index (Phi) is 3.83. The van der Waals surface area contributed by atoms with E-state index in [2.05, 4.69) is 4.74 Å². The summed E-state index contributed by atoms with van der Waals surface area (Å²) < 4.78 is 27.8. The quantitative estimate of drug-likeness (QED) is 0.812. The second kappa shape index (κ2) is 4.91. The molecule has 0 saturated heterocycles. The van der Waals surface area contributed by atoms with Crippen molar-refractivity contribution in [2.75, 3.05) is 6.61 Å². The van der Waals surface area contributed by atoms with Crippen LogP contribution in [0.5, 0.6) is 5.75 Å². The van der Waals surface area contributed by atoms with Gasteiger partial charge in [-0.15, -0.1) is 0 Å². The molecule has 1 unspecified atom stereocenters. The first-order valence-corrected chi connectivity index (χ1v) is 4.29. The number of aliphatic hydroxyl groups excluding tert-OH is 1. The molecule has 0 bridgehead atoms. The van der Waals surface area contributed by atoms with Gasteiger partial charge in [-0.1, -0.05) is 19.1 Å². The van der Waals surface area contributed by atoms with Crippen LogP contribution in [0.4, 0.5) is 8.78 Å². The highest BCUT2D eigenvalue weighted by Gasteiger charge is 2.06. The zero-order valence-electron chi connectivity index (χ0n) is 7.78. The molecule has 0 aliphatic heterocycles. The van der Waals surface area contributed by atoms with Crippen LogP contribution >= 0.6 is 0 Å². The molecular weight excluding hydrogens is 190 g/mol. The minimum Gasteiger partial charge on any atom is -0.435 e. The molecule has 4 heteroatoms. The third kappa shape index (κ3) is 2.96. The van der Waals surface area contributed by atoms with E-state index in [1.165, 1.54) is 12.1 Å². The lowest BCUT2D eigenvalue weighted by Gasteiger charge is -2.09. The maximum atomic E-state index is 11.8. The zero-order valence-corrected chi connectivity index (χ0v) is 7.78. The smallest absolute Gasteiger partial charge is 0.387 e. The van der Waals surface area contributed by atoms with Crippen LogP contribution in [0, 0.1) is 0 Å². The number of rotatable bonds is 4. The van der Waals surface area contributed by atoms with Gasteiger partial charge in [0.15, 0.2) is 0 Å². The van der Waals surface area contributed by atoms with E-state index >= 15 is 0 Å². The Morgan fingerprint density at radius 3 is 2.29 bits per heavy atom. The summed E-state index contributed by atoms with van der Waals surface area (Å²) in [7, 11) is 0. The van der Waals surface area contributed by atoms with Crippen molar-refractivity contribution in [3.05, 3.63) is 29.8 Å². The van der Waals surface area contributed by atoms with Crippen LogP contribution in [-0.4, -0.2) is 18.3 Å². The SMILES string of the molecule is CC(CO)c1ccc(OC(F)F)cc1. The van der Waals surface area contributed by atoms with E-state index in [-0.39, 0.29) is 18.3 Å². The molecule has 0 aliphatic carbocycles. The van der Waals surface area contributed by atoms with E-state index in [1.54, 1.807) is 12.1 Å². The number of benzene rings is 1. The van der Waals surface area contributed by atoms with Crippen LogP contribution in [0.25, 0.3) is 0 Å². The first-order chi connectivity index (χ1) is 6.63. The van der Waals surface area contributed by atoms with Crippen LogP contribution in [0.3, 0.4) is 0 Å². The number of halogens is 2. The van der Waals surface area contributed by atoms with Crippen LogP contribution < -0.4 is 4.74 Å².